The zero-order chi connectivity index (χ0) is 14.7. The molecule has 1 nitrogen and oxygen atoms in total. The Morgan fingerprint density at radius 3 is 2.33 bits per heavy atom. The van der Waals surface area contributed by atoms with Gasteiger partial charge in [-0.15, -0.1) is 0 Å². The molecule has 0 N–H and O–H groups in total. The molecular formula is C20H21N. The van der Waals surface area contributed by atoms with Crippen LogP contribution in [-0.2, 0) is 12.8 Å². The van der Waals surface area contributed by atoms with Gasteiger partial charge in [0, 0.05) is 18.0 Å². The molecule has 0 aliphatic rings. The predicted molar refractivity (Wildman–Crippen MR) is 89.5 cm³/mol. The van der Waals surface area contributed by atoms with Crippen molar-refractivity contribution in [2.24, 2.45) is 5.92 Å². The second-order valence-electron chi connectivity index (χ2n) is 6.07. The normalized spacial score (nSPS) is 11.2. The lowest BCUT2D eigenvalue weighted by atomic mass is 9.99. The van der Waals surface area contributed by atoms with E-state index in [1.165, 1.54) is 21.9 Å². The standard InChI is InChI=1S/C20H21N/c1-15(2)13-16-7-9-17(10-8-16)14-20-19-6-4-3-5-18(19)11-12-21-20/h3-12,15H,13-14H2,1-2H3. The molecule has 106 valence electrons. The Morgan fingerprint density at radius 2 is 1.57 bits per heavy atom. The second-order valence-corrected chi connectivity index (χ2v) is 6.07. The first-order chi connectivity index (χ1) is 10.2. The van der Waals surface area contributed by atoms with Crippen LogP contribution in [0.5, 0.6) is 0 Å². The summed E-state index contributed by atoms with van der Waals surface area (Å²) in [7, 11) is 0. The summed E-state index contributed by atoms with van der Waals surface area (Å²) in [5.74, 6) is 0.704. The molecule has 0 spiro atoms. The molecule has 1 heteroatoms. The zero-order valence-electron chi connectivity index (χ0n) is 12.7. The first kappa shape index (κ1) is 13.8. The maximum Gasteiger partial charge on any atom is 0.0525 e. The van der Waals surface area contributed by atoms with Gasteiger partial charge in [0.2, 0.25) is 0 Å². The molecule has 0 unspecified atom stereocenters. The van der Waals surface area contributed by atoms with E-state index in [-0.39, 0.29) is 0 Å². The molecule has 0 fully saturated rings. The monoisotopic (exact) mass is 275 g/mol. The maximum absolute atomic E-state index is 4.57. The topological polar surface area (TPSA) is 12.9 Å². The maximum atomic E-state index is 4.57. The van der Waals surface area contributed by atoms with Crippen molar-refractivity contribution in [2.75, 3.05) is 0 Å². The van der Waals surface area contributed by atoms with Gasteiger partial charge in [-0.25, -0.2) is 0 Å². The third-order valence-electron chi connectivity index (χ3n) is 3.79. The molecule has 0 aliphatic heterocycles. The molecule has 1 aromatic heterocycles. The highest BCUT2D eigenvalue weighted by Gasteiger charge is 2.04. The summed E-state index contributed by atoms with van der Waals surface area (Å²) < 4.78 is 0. The van der Waals surface area contributed by atoms with Crippen molar-refractivity contribution in [1.82, 2.24) is 4.98 Å². The third-order valence-corrected chi connectivity index (χ3v) is 3.79. The molecule has 0 atom stereocenters. The van der Waals surface area contributed by atoms with Gasteiger partial charge in [-0.3, -0.25) is 4.98 Å². The molecule has 1 heterocycles. The largest absolute Gasteiger partial charge is 0.260 e. The number of hydrogen-bond acceptors (Lipinski definition) is 1. The van der Waals surface area contributed by atoms with Crippen LogP contribution in [0.1, 0.15) is 30.7 Å². The third kappa shape index (κ3) is 3.30. The van der Waals surface area contributed by atoms with Gasteiger partial charge >= 0.3 is 0 Å². The Kier molecular flexibility index (Phi) is 4.01. The van der Waals surface area contributed by atoms with Crippen LogP contribution in [0.4, 0.5) is 0 Å². The number of rotatable bonds is 4. The Bertz CT molecular complexity index is 721. The van der Waals surface area contributed by atoms with Crippen LogP contribution >= 0.6 is 0 Å². The van der Waals surface area contributed by atoms with Crippen molar-refractivity contribution in [1.29, 1.82) is 0 Å². The van der Waals surface area contributed by atoms with Crippen LogP contribution in [0, 0.1) is 5.92 Å². The number of hydrogen-bond donors (Lipinski definition) is 0. The SMILES string of the molecule is CC(C)Cc1ccc(Cc2nccc3ccccc23)cc1. The van der Waals surface area contributed by atoms with Crippen molar-refractivity contribution in [3.05, 3.63) is 77.6 Å². The van der Waals surface area contributed by atoms with E-state index in [9.17, 15) is 0 Å². The molecule has 2 aromatic carbocycles. The van der Waals surface area contributed by atoms with E-state index < -0.39 is 0 Å². The van der Waals surface area contributed by atoms with Crippen LogP contribution in [0.3, 0.4) is 0 Å². The quantitative estimate of drug-likeness (QED) is 0.651. The van der Waals surface area contributed by atoms with Gasteiger partial charge < -0.3 is 0 Å². The molecule has 0 saturated carbocycles. The van der Waals surface area contributed by atoms with E-state index in [2.05, 4.69) is 73.4 Å². The number of benzene rings is 2. The highest BCUT2D eigenvalue weighted by Crippen LogP contribution is 2.19. The molecule has 0 amide bonds. The van der Waals surface area contributed by atoms with Gasteiger partial charge in [-0.1, -0.05) is 62.4 Å². The van der Waals surface area contributed by atoms with Gasteiger partial charge in [-0.05, 0) is 34.9 Å². The molecular weight excluding hydrogens is 254 g/mol. The summed E-state index contributed by atoms with van der Waals surface area (Å²) in [4.78, 5) is 4.57. The van der Waals surface area contributed by atoms with Crippen LogP contribution in [0.15, 0.2) is 60.8 Å². The lowest BCUT2D eigenvalue weighted by molar-refractivity contribution is 0.647. The molecule has 3 rings (SSSR count). The van der Waals surface area contributed by atoms with Crippen LogP contribution in [0.25, 0.3) is 10.8 Å². The van der Waals surface area contributed by atoms with E-state index in [1.807, 2.05) is 6.20 Å². The zero-order valence-corrected chi connectivity index (χ0v) is 12.7. The Labute approximate surface area is 126 Å². The Hall–Kier alpha value is -2.15. The van der Waals surface area contributed by atoms with Crippen molar-refractivity contribution in [3.8, 4) is 0 Å². The average molecular weight is 275 g/mol. The van der Waals surface area contributed by atoms with E-state index in [1.54, 1.807) is 0 Å². The Morgan fingerprint density at radius 1 is 0.857 bits per heavy atom. The fourth-order valence-electron chi connectivity index (χ4n) is 2.78. The molecule has 3 aromatic rings. The van der Waals surface area contributed by atoms with E-state index in [0.717, 1.165) is 18.5 Å². The highest BCUT2D eigenvalue weighted by atomic mass is 14.7. The van der Waals surface area contributed by atoms with E-state index >= 15 is 0 Å². The second kappa shape index (κ2) is 6.09. The fourth-order valence-corrected chi connectivity index (χ4v) is 2.78. The summed E-state index contributed by atoms with van der Waals surface area (Å²) in [5, 5.41) is 2.52. The summed E-state index contributed by atoms with van der Waals surface area (Å²) >= 11 is 0. The number of nitrogens with zero attached hydrogens (tertiary/aromatic N) is 1. The van der Waals surface area contributed by atoms with E-state index in [4.69, 9.17) is 0 Å². The van der Waals surface area contributed by atoms with Crippen molar-refractivity contribution in [2.45, 2.75) is 26.7 Å². The number of aromatic nitrogens is 1. The van der Waals surface area contributed by atoms with Crippen molar-refractivity contribution < 1.29 is 0 Å². The first-order valence-electron chi connectivity index (χ1n) is 7.63. The minimum absolute atomic E-state index is 0.704. The summed E-state index contributed by atoms with van der Waals surface area (Å²) in [6.07, 6.45) is 3.95. The summed E-state index contributed by atoms with van der Waals surface area (Å²) in [5.41, 5.74) is 3.90. The predicted octanol–water partition coefficient (Wildman–Crippen LogP) is 5.02. The van der Waals surface area contributed by atoms with Crippen LogP contribution in [0.2, 0.25) is 0 Å². The summed E-state index contributed by atoms with van der Waals surface area (Å²) in [6, 6.07) is 19.5. The molecule has 0 bridgehead atoms. The fraction of sp³-hybridized carbons (Fsp3) is 0.250. The average Bonchev–Trinajstić information content (AvgIpc) is 2.49. The van der Waals surface area contributed by atoms with Crippen molar-refractivity contribution >= 4 is 10.8 Å². The van der Waals surface area contributed by atoms with Gasteiger partial charge in [0.15, 0.2) is 0 Å². The lowest BCUT2D eigenvalue weighted by Gasteiger charge is -2.08. The van der Waals surface area contributed by atoms with Crippen molar-refractivity contribution in [3.63, 3.8) is 0 Å². The molecule has 21 heavy (non-hydrogen) atoms. The van der Waals surface area contributed by atoms with E-state index in [0.29, 0.717) is 5.92 Å². The smallest absolute Gasteiger partial charge is 0.0525 e. The van der Waals surface area contributed by atoms with Gasteiger partial charge in [0.05, 0.1) is 5.69 Å². The molecule has 0 saturated heterocycles. The number of fused-ring (bicyclic) bond motifs is 1. The highest BCUT2D eigenvalue weighted by molar-refractivity contribution is 5.84. The minimum Gasteiger partial charge on any atom is -0.260 e. The van der Waals surface area contributed by atoms with Crippen LogP contribution < -0.4 is 0 Å². The van der Waals surface area contributed by atoms with Gasteiger partial charge in [-0.2, -0.15) is 0 Å². The van der Waals surface area contributed by atoms with Crippen LogP contribution in [-0.4, -0.2) is 4.98 Å². The first-order valence-corrected chi connectivity index (χ1v) is 7.63. The van der Waals surface area contributed by atoms with Gasteiger partial charge in [0.1, 0.15) is 0 Å². The molecule has 0 aliphatic carbocycles. The Balaban J connectivity index is 1.85. The number of pyridine rings is 1. The minimum atomic E-state index is 0.704. The lowest BCUT2D eigenvalue weighted by Crippen LogP contribution is -1.96. The summed E-state index contributed by atoms with van der Waals surface area (Å²) in [6.45, 7) is 4.52. The van der Waals surface area contributed by atoms with Gasteiger partial charge in [0.25, 0.3) is 0 Å². The molecule has 0 radical (unpaired) electrons.